The Hall–Kier alpha value is -2.59. The zero-order valence-electron chi connectivity index (χ0n) is 19.9. The lowest BCUT2D eigenvalue weighted by Gasteiger charge is -2.23. The van der Waals surface area contributed by atoms with Crippen molar-refractivity contribution in [3.8, 4) is 0 Å². The van der Waals surface area contributed by atoms with E-state index in [0.29, 0.717) is 6.42 Å². The van der Waals surface area contributed by atoms with Crippen molar-refractivity contribution in [1.29, 1.82) is 0 Å². The van der Waals surface area contributed by atoms with Crippen LogP contribution in [0.15, 0.2) is 54.7 Å². The van der Waals surface area contributed by atoms with Gasteiger partial charge in [-0.15, -0.1) is 0 Å². The molecule has 0 spiro atoms. The van der Waals surface area contributed by atoms with Gasteiger partial charge < -0.3 is 15.2 Å². The van der Waals surface area contributed by atoms with Gasteiger partial charge in [0.1, 0.15) is 0 Å². The first-order valence-electron chi connectivity index (χ1n) is 12.8. The molecular weight excluding hydrogens is 406 g/mol. The van der Waals surface area contributed by atoms with E-state index < -0.39 is 0 Å². The number of nitrogens with one attached hydrogen (secondary N) is 2. The second-order valence-electron chi connectivity index (χ2n) is 10.2. The van der Waals surface area contributed by atoms with Crippen LogP contribution in [0.2, 0.25) is 0 Å². The third-order valence-electron chi connectivity index (χ3n) is 7.51. The van der Waals surface area contributed by atoms with Crippen molar-refractivity contribution < 1.29 is 4.79 Å². The van der Waals surface area contributed by atoms with E-state index in [4.69, 9.17) is 0 Å². The number of rotatable bonds is 9. The molecule has 0 bridgehead atoms. The van der Waals surface area contributed by atoms with Gasteiger partial charge in [0.25, 0.3) is 0 Å². The molecule has 4 nitrogen and oxygen atoms in total. The molecule has 1 amide bonds. The zero-order chi connectivity index (χ0) is 22.6. The van der Waals surface area contributed by atoms with Crippen LogP contribution in [0.1, 0.15) is 61.1 Å². The maximum absolute atomic E-state index is 13.1. The predicted octanol–water partition coefficient (Wildman–Crippen LogP) is 5.39. The van der Waals surface area contributed by atoms with Gasteiger partial charge in [-0.25, -0.2) is 0 Å². The van der Waals surface area contributed by atoms with Crippen LogP contribution >= 0.6 is 0 Å². The minimum Gasteiger partial charge on any atom is -0.356 e. The molecule has 2 fully saturated rings. The summed E-state index contributed by atoms with van der Waals surface area (Å²) in [5.41, 5.74) is 5.05. The molecule has 1 unspecified atom stereocenters. The summed E-state index contributed by atoms with van der Waals surface area (Å²) in [5, 5.41) is 7.95. The van der Waals surface area contributed by atoms with E-state index in [9.17, 15) is 4.79 Å². The summed E-state index contributed by atoms with van der Waals surface area (Å²) in [6.07, 6.45) is 9.03. The number of para-hydroxylation sites is 1. The lowest BCUT2D eigenvalue weighted by atomic mass is 9.87. The fourth-order valence-corrected chi connectivity index (χ4v) is 5.42. The molecule has 1 aliphatic carbocycles. The maximum Gasteiger partial charge on any atom is 0.220 e. The Kier molecular flexibility index (Phi) is 6.82. The van der Waals surface area contributed by atoms with Crippen LogP contribution in [0.5, 0.6) is 0 Å². The van der Waals surface area contributed by atoms with Crippen molar-refractivity contribution in [2.24, 2.45) is 11.8 Å². The summed E-state index contributed by atoms with van der Waals surface area (Å²) in [7, 11) is 0. The first-order chi connectivity index (χ1) is 16.2. The van der Waals surface area contributed by atoms with Gasteiger partial charge in [0.2, 0.25) is 5.91 Å². The van der Waals surface area contributed by atoms with E-state index in [0.717, 1.165) is 44.4 Å². The fraction of sp³-hybridized carbons (Fsp3) is 0.483. The number of carbonyl (C=O) groups excluding carboxylic acids is 1. The van der Waals surface area contributed by atoms with Gasteiger partial charge in [0, 0.05) is 42.5 Å². The van der Waals surface area contributed by atoms with Gasteiger partial charge in [0.15, 0.2) is 0 Å². The standard InChI is InChI=1S/C29H37N3O/c1-21-5-4-6-24(17-21)26(18-29(33)31-16-13-22-11-14-30-15-12-22)27-20-32(19-23-9-10-23)28-8-3-2-7-25(27)28/h2-8,17,20,22-23,26,30H,9-16,18-19H2,1H3,(H,31,33). The molecule has 1 saturated heterocycles. The van der Waals surface area contributed by atoms with Crippen LogP contribution in [-0.4, -0.2) is 30.1 Å². The Bertz CT molecular complexity index is 1090. The fourth-order valence-electron chi connectivity index (χ4n) is 5.42. The van der Waals surface area contributed by atoms with E-state index in [2.05, 4.69) is 76.9 Å². The van der Waals surface area contributed by atoms with Crippen molar-refractivity contribution in [1.82, 2.24) is 15.2 Å². The van der Waals surface area contributed by atoms with E-state index in [1.807, 2.05) is 0 Å². The highest BCUT2D eigenvalue weighted by Crippen LogP contribution is 2.37. The van der Waals surface area contributed by atoms with Gasteiger partial charge >= 0.3 is 0 Å². The Morgan fingerprint density at radius 3 is 2.67 bits per heavy atom. The molecule has 5 rings (SSSR count). The van der Waals surface area contributed by atoms with Gasteiger partial charge in [-0.3, -0.25) is 4.79 Å². The molecule has 3 aromatic rings. The van der Waals surface area contributed by atoms with Crippen molar-refractivity contribution in [3.63, 3.8) is 0 Å². The predicted molar refractivity (Wildman–Crippen MR) is 136 cm³/mol. The minimum absolute atomic E-state index is 0.0640. The van der Waals surface area contributed by atoms with Crippen molar-refractivity contribution in [2.45, 2.75) is 57.9 Å². The molecule has 0 radical (unpaired) electrons. The monoisotopic (exact) mass is 443 g/mol. The first-order valence-corrected chi connectivity index (χ1v) is 12.8. The number of benzene rings is 2. The number of nitrogens with zero attached hydrogens (tertiary/aromatic N) is 1. The van der Waals surface area contributed by atoms with Crippen molar-refractivity contribution >= 4 is 16.8 Å². The van der Waals surface area contributed by atoms with Crippen LogP contribution in [-0.2, 0) is 11.3 Å². The van der Waals surface area contributed by atoms with Crippen LogP contribution in [0, 0.1) is 18.8 Å². The Balaban J connectivity index is 1.38. The molecule has 2 aliphatic rings. The molecule has 33 heavy (non-hydrogen) atoms. The topological polar surface area (TPSA) is 46.1 Å². The lowest BCUT2D eigenvalue weighted by Crippen LogP contribution is -2.31. The van der Waals surface area contributed by atoms with Gasteiger partial charge in [0.05, 0.1) is 0 Å². The molecule has 1 aliphatic heterocycles. The van der Waals surface area contributed by atoms with Crippen LogP contribution < -0.4 is 10.6 Å². The molecule has 1 atom stereocenters. The summed E-state index contributed by atoms with van der Waals surface area (Å²) >= 11 is 0. The number of aryl methyl sites for hydroxylation is 1. The number of fused-ring (bicyclic) bond motifs is 1. The average Bonchev–Trinajstić information content (AvgIpc) is 3.58. The highest BCUT2D eigenvalue weighted by atomic mass is 16.1. The van der Waals surface area contributed by atoms with E-state index >= 15 is 0 Å². The lowest BCUT2D eigenvalue weighted by molar-refractivity contribution is -0.121. The van der Waals surface area contributed by atoms with E-state index in [1.54, 1.807) is 0 Å². The molecule has 1 aromatic heterocycles. The summed E-state index contributed by atoms with van der Waals surface area (Å²) in [6.45, 7) is 6.23. The summed E-state index contributed by atoms with van der Waals surface area (Å²) in [5.74, 6) is 1.77. The number of hydrogen-bond acceptors (Lipinski definition) is 2. The molecule has 2 N–H and O–H groups in total. The molecular formula is C29H37N3O. The molecule has 2 heterocycles. The second kappa shape index (κ2) is 10.1. The largest absolute Gasteiger partial charge is 0.356 e. The first kappa shape index (κ1) is 22.2. The highest BCUT2D eigenvalue weighted by Gasteiger charge is 2.26. The third kappa shape index (κ3) is 5.50. The number of amides is 1. The third-order valence-corrected chi connectivity index (χ3v) is 7.51. The molecule has 174 valence electrons. The van der Waals surface area contributed by atoms with Crippen LogP contribution in [0.3, 0.4) is 0 Å². The summed E-state index contributed by atoms with van der Waals surface area (Å²) < 4.78 is 2.43. The summed E-state index contributed by atoms with van der Waals surface area (Å²) in [6, 6.07) is 17.4. The van der Waals surface area contributed by atoms with E-state index in [-0.39, 0.29) is 11.8 Å². The number of piperidine rings is 1. The Morgan fingerprint density at radius 2 is 1.88 bits per heavy atom. The van der Waals surface area contributed by atoms with Gasteiger partial charge in [-0.1, -0.05) is 48.0 Å². The molecule has 2 aromatic carbocycles. The summed E-state index contributed by atoms with van der Waals surface area (Å²) in [4.78, 5) is 13.1. The van der Waals surface area contributed by atoms with Crippen molar-refractivity contribution in [2.75, 3.05) is 19.6 Å². The SMILES string of the molecule is Cc1cccc(C(CC(=O)NCCC2CCNCC2)c2cn(CC3CC3)c3ccccc23)c1. The molecule has 4 heteroatoms. The number of carbonyl (C=O) groups is 1. The Labute approximate surface area is 197 Å². The van der Waals surface area contributed by atoms with Gasteiger partial charge in [-0.2, -0.15) is 0 Å². The smallest absolute Gasteiger partial charge is 0.220 e. The van der Waals surface area contributed by atoms with Gasteiger partial charge in [-0.05, 0) is 81.1 Å². The van der Waals surface area contributed by atoms with Crippen molar-refractivity contribution in [3.05, 3.63) is 71.4 Å². The average molecular weight is 444 g/mol. The highest BCUT2D eigenvalue weighted by molar-refractivity contribution is 5.86. The Morgan fingerprint density at radius 1 is 1.06 bits per heavy atom. The maximum atomic E-state index is 13.1. The number of aromatic nitrogens is 1. The zero-order valence-corrected chi connectivity index (χ0v) is 19.9. The van der Waals surface area contributed by atoms with Crippen LogP contribution in [0.4, 0.5) is 0 Å². The molecule has 1 saturated carbocycles. The minimum atomic E-state index is 0.0640. The second-order valence-corrected chi connectivity index (χ2v) is 10.2. The quantitative estimate of drug-likeness (QED) is 0.466. The normalized spacial score (nSPS) is 17.8. The van der Waals surface area contributed by atoms with E-state index in [1.165, 1.54) is 53.3 Å². The number of hydrogen-bond donors (Lipinski definition) is 2. The van der Waals surface area contributed by atoms with Crippen LogP contribution in [0.25, 0.3) is 10.9 Å².